The van der Waals surface area contributed by atoms with Crippen LogP contribution in [0.1, 0.15) is 5.82 Å². The number of benzene rings is 1. The molecule has 2 rings (SSSR count). The molecule has 0 radical (unpaired) electrons. The summed E-state index contributed by atoms with van der Waals surface area (Å²) < 4.78 is 6.78. The summed E-state index contributed by atoms with van der Waals surface area (Å²) in [5.74, 6) is 0.400. The fourth-order valence-corrected chi connectivity index (χ4v) is 2.64. The summed E-state index contributed by atoms with van der Waals surface area (Å²) in [6, 6.07) is 7.70. The van der Waals surface area contributed by atoms with Crippen molar-refractivity contribution >= 4 is 34.7 Å². The summed E-state index contributed by atoms with van der Waals surface area (Å²) in [5, 5.41) is 11.2. The van der Waals surface area contributed by atoms with E-state index in [9.17, 15) is 9.59 Å². The number of ether oxygens (including phenoxy) is 1. The number of amides is 1. The van der Waals surface area contributed by atoms with E-state index >= 15 is 0 Å². The fourth-order valence-electron chi connectivity index (χ4n) is 2.16. The van der Waals surface area contributed by atoms with E-state index in [0.29, 0.717) is 0 Å². The van der Waals surface area contributed by atoms with Crippen LogP contribution in [0.2, 0.25) is 0 Å². The van der Waals surface area contributed by atoms with Crippen molar-refractivity contribution < 1.29 is 19.4 Å². The maximum atomic E-state index is 12.1. The first-order valence-corrected chi connectivity index (χ1v) is 8.50. The van der Waals surface area contributed by atoms with Crippen molar-refractivity contribution in [3.63, 3.8) is 0 Å². The molecule has 0 fully saturated rings. The number of carboxylic acids is 1. The van der Waals surface area contributed by atoms with E-state index in [4.69, 9.17) is 9.84 Å². The third-order valence-electron chi connectivity index (χ3n) is 3.10. The molecule has 0 atom stereocenters. The van der Waals surface area contributed by atoms with E-state index < -0.39 is 5.97 Å². The molecule has 0 saturated heterocycles. The zero-order valence-electron chi connectivity index (χ0n) is 12.8. The Morgan fingerprint density at radius 3 is 2.91 bits per heavy atom. The molecular formula is C15H19N3O4S. The summed E-state index contributed by atoms with van der Waals surface area (Å²) >= 11 is 1.65. The predicted octanol–water partition coefficient (Wildman–Crippen LogP) is 1.12. The minimum atomic E-state index is -1.03. The molecule has 8 heteroatoms. The van der Waals surface area contributed by atoms with Crippen LogP contribution in [0, 0.1) is 0 Å². The highest BCUT2D eigenvalue weighted by molar-refractivity contribution is 7.97. The molecule has 0 spiro atoms. The third-order valence-corrected chi connectivity index (χ3v) is 3.65. The average Bonchev–Trinajstić information content (AvgIpc) is 2.85. The Morgan fingerprint density at radius 2 is 2.17 bits per heavy atom. The first kappa shape index (κ1) is 17.3. The number of para-hydroxylation sites is 2. The standard InChI is InChI=1S/C15H19N3O4S/c1-23-10-13-17-11-4-2-3-5-12(11)18(13)8-14(19)16-6-7-22-9-15(20)21/h2-5H,6-10H2,1H3,(H,16,19)(H,20,21). The molecule has 2 aromatic rings. The lowest BCUT2D eigenvalue weighted by atomic mass is 10.3. The van der Waals surface area contributed by atoms with Gasteiger partial charge in [-0.1, -0.05) is 12.1 Å². The lowest BCUT2D eigenvalue weighted by Gasteiger charge is -2.09. The van der Waals surface area contributed by atoms with Gasteiger partial charge in [0, 0.05) is 6.54 Å². The SMILES string of the molecule is CSCc1nc2ccccc2n1CC(=O)NCCOCC(=O)O. The average molecular weight is 337 g/mol. The summed E-state index contributed by atoms with van der Waals surface area (Å²) in [7, 11) is 0. The van der Waals surface area contributed by atoms with Crippen molar-refractivity contribution in [1.29, 1.82) is 0 Å². The normalized spacial score (nSPS) is 10.8. The Morgan fingerprint density at radius 1 is 1.39 bits per heavy atom. The molecule has 1 amide bonds. The lowest BCUT2D eigenvalue weighted by molar-refractivity contribution is -0.142. The lowest BCUT2D eigenvalue weighted by Crippen LogP contribution is -2.31. The third kappa shape index (κ3) is 4.97. The number of rotatable bonds is 9. The van der Waals surface area contributed by atoms with Crippen molar-refractivity contribution in [2.75, 3.05) is 26.0 Å². The molecule has 0 bridgehead atoms. The van der Waals surface area contributed by atoms with Crippen LogP contribution in [0.4, 0.5) is 0 Å². The highest BCUT2D eigenvalue weighted by Gasteiger charge is 2.12. The smallest absolute Gasteiger partial charge is 0.329 e. The van der Waals surface area contributed by atoms with E-state index in [1.807, 2.05) is 35.1 Å². The molecule has 0 aliphatic heterocycles. The molecule has 2 N–H and O–H groups in total. The second-order valence-electron chi connectivity index (χ2n) is 4.83. The molecule has 1 heterocycles. The largest absolute Gasteiger partial charge is 0.480 e. The number of carboxylic acid groups (broad SMARTS) is 1. The van der Waals surface area contributed by atoms with Gasteiger partial charge in [0.05, 0.1) is 23.4 Å². The maximum Gasteiger partial charge on any atom is 0.329 e. The molecule has 1 aromatic carbocycles. The molecule has 124 valence electrons. The Hall–Kier alpha value is -2.06. The number of fused-ring (bicyclic) bond motifs is 1. The van der Waals surface area contributed by atoms with Gasteiger partial charge in [-0.05, 0) is 18.4 Å². The van der Waals surface area contributed by atoms with E-state index in [2.05, 4.69) is 10.3 Å². The zero-order chi connectivity index (χ0) is 16.7. The van der Waals surface area contributed by atoms with Crippen LogP contribution in [0.15, 0.2) is 24.3 Å². The van der Waals surface area contributed by atoms with Crippen LogP contribution >= 0.6 is 11.8 Å². The van der Waals surface area contributed by atoms with Crippen LogP contribution in [-0.4, -0.2) is 52.5 Å². The zero-order valence-corrected chi connectivity index (χ0v) is 13.6. The van der Waals surface area contributed by atoms with Crippen LogP contribution in [0.25, 0.3) is 11.0 Å². The summed E-state index contributed by atoms with van der Waals surface area (Å²) in [6.07, 6.45) is 1.99. The molecule has 7 nitrogen and oxygen atoms in total. The highest BCUT2D eigenvalue weighted by atomic mass is 32.2. The quantitative estimate of drug-likeness (QED) is 0.666. The summed E-state index contributed by atoms with van der Waals surface area (Å²) in [5.41, 5.74) is 1.79. The van der Waals surface area contributed by atoms with E-state index in [-0.39, 0.29) is 32.2 Å². The van der Waals surface area contributed by atoms with Crippen molar-refractivity contribution in [3.8, 4) is 0 Å². The Balaban J connectivity index is 1.96. The number of hydrogen-bond acceptors (Lipinski definition) is 5. The van der Waals surface area contributed by atoms with Gasteiger partial charge >= 0.3 is 5.97 Å². The van der Waals surface area contributed by atoms with Crippen LogP contribution in [0.3, 0.4) is 0 Å². The molecule has 0 aliphatic carbocycles. The van der Waals surface area contributed by atoms with Crippen molar-refractivity contribution in [1.82, 2.24) is 14.9 Å². The first-order valence-electron chi connectivity index (χ1n) is 7.11. The molecule has 0 saturated carbocycles. The summed E-state index contributed by atoms with van der Waals surface area (Å²) in [4.78, 5) is 26.9. The number of aromatic nitrogens is 2. The highest BCUT2D eigenvalue weighted by Crippen LogP contribution is 2.18. The van der Waals surface area contributed by atoms with Crippen molar-refractivity contribution in [3.05, 3.63) is 30.1 Å². The number of carbonyl (C=O) groups is 2. The summed E-state index contributed by atoms with van der Waals surface area (Å²) in [6.45, 7) is 0.256. The second-order valence-corrected chi connectivity index (χ2v) is 5.70. The van der Waals surface area contributed by atoms with Gasteiger partial charge in [0.2, 0.25) is 5.91 Å². The molecule has 1 aromatic heterocycles. The number of nitrogens with zero attached hydrogens (tertiary/aromatic N) is 2. The van der Waals surface area contributed by atoms with E-state index in [0.717, 1.165) is 22.6 Å². The molecule has 0 unspecified atom stereocenters. The van der Waals surface area contributed by atoms with Crippen LogP contribution < -0.4 is 5.32 Å². The van der Waals surface area contributed by atoms with Crippen LogP contribution in [-0.2, 0) is 26.6 Å². The second kappa shape index (κ2) is 8.54. The number of nitrogens with one attached hydrogen (secondary N) is 1. The van der Waals surface area contributed by atoms with Gasteiger partial charge in [-0.2, -0.15) is 11.8 Å². The van der Waals surface area contributed by atoms with Gasteiger partial charge in [-0.25, -0.2) is 9.78 Å². The Kier molecular flexibility index (Phi) is 6.42. The predicted molar refractivity (Wildman–Crippen MR) is 88.4 cm³/mol. The number of carbonyl (C=O) groups excluding carboxylic acids is 1. The number of imidazole rings is 1. The van der Waals surface area contributed by atoms with Gasteiger partial charge in [-0.15, -0.1) is 0 Å². The van der Waals surface area contributed by atoms with Crippen LogP contribution in [0.5, 0.6) is 0 Å². The number of hydrogen-bond donors (Lipinski definition) is 2. The Bertz CT molecular complexity index is 686. The van der Waals surface area contributed by atoms with Gasteiger partial charge in [0.15, 0.2) is 0 Å². The molecular weight excluding hydrogens is 318 g/mol. The minimum Gasteiger partial charge on any atom is -0.480 e. The van der Waals surface area contributed by atoms with Gasteiger partial charge in [-0.3, -0.25) is 4.79 Å². The van der Waals surface area contributed by atoms with E-state index in [1.165, 1.54) is 0 Å². The topological polar surface area (TPSA) is 93.5 Å². The van der Waals surface area contributed by atoms with Gasteiger partial charge < -0.3 is 19.7 Å². The monoisotopic (exact) mass is 337 g/mol. The minimum absolute atomic E-state index is 0.158. The van der Waals surface area contributed by atoms with Crippen molar-refractivity contribution in [2.45, 2.75) is 12.3 Å². The van der Waals surface area contributed by atoms with Gasteiger partial charge in [0.25, 0.3) is 0 Å². The number of aliphatic carboxylic acids is 1. The van der Waals surface area contributed by atoms with Gasteiger partial charge in [0.1, 0.15) is 19.0 Å². The van der Waals surface area contributed by atoms with Crippen molar-refractivity contribution in [2.24, 2.45) is 0 Å². The number of thioether (sulfide) groups is 1. The maximum absolute atomic E-state index is 12.1. The molecule has 23 heavy (non-hydrogen) atoms. The first-order chi connectivity index (χ1) is 11.1. The fraction of sp³-hybridized carbons (Fsp3) is 0.400. The molecule has 0 aliphatic rings. The van der Waals surface area contributed by atoms with E-state index in [1.54, 1.807) is 11.8 Å². The Labute approximate surface area is 138 Å².